The van der Waals surface area contributed by atoms with E-state index in [1.54, 1.807) is 13.8 Å². The number of fused-ring (bicyclic) bond motifs is 7. The summed E-state index contributed by atoms with van der Waals surface area (Å²) < 4.78 is 26.2. The molecule has 11 heteroatoms. The van der Waals surface area contributed by atoms with Gasteiger partial charge in [0.2, 0.25) is 0 Å². The van der Waals surface area contributed by atoms with Crippen molar-refractivity contribution in [2.75, 3.05) is 33.7 Å². The molecular weight excluding hydrogens is 792 g/mol. The van der Waals surface area contributed by atoms with Gasteiger partial charge in [0.1, 0.15) is 18.0 Å². The molecule has 5 aliphatic carbocycles. The lowest BCUT2D eigenvalue weighted by molar-refractivity contribution is -0.224. The molecule has 4 fully saturated rings. The number of carboxylic acids is 1. The normalized spacial score (nSPS) is 35.0. The molecule has 0 aliphatic heterocycles. The van der Waals surface area contributed by atoms with Gasteiger partial charge in [-0.1, -0.05) is 60.6 Å². The zero-order chi connectivity index (χ0) is 45.3. The SMILES string of the molecule is CC(=O)O[C@H](CN(CCN(C)C)Cc1ccc(F)cc1)[C@@]12CC[C@]3(C)[C@H](CC[C@@H]4[C@@]5(C)CC[C@H](OC(=O)CC(C)(C)C(=O)O)C(C)(C)C5(S)CC[C@]43C)C1=C(C(C)C)C(=O)C2. The summed E-state index contributed by atoms with van der Waals surface area (Å²) in [5.74, 6) is -1.46. The quantitative estimate of drug-likeness (QED) is 0.140. The van der Waals surface area contributed by atoms with Gasteiger partial charge in [-0.2, -0.15) is 12.6 Å². The van der Waals surface area contributed by atoms with Gasteiger partial charge in [-0.3, -0.25) is 24.1 Å². The van der Waals surface area contributed by atoms with E-state index in [0.717, 1.165) is 62.6 Å². The summed E-state index contributed by atoms with van der Waals surface area (Å²) in [7, 11) is 4.08. The average molecular weight is 867 g/mol. The predicted molar refractivity (Wildman–Crippen MR) is 239 cm³/mol. The zero-order valence-electron chi connectivity index (χ0n) is 39.2. The first-order valence-corrected chi connectivity index (χ1v) is 23.4. The first kappa shape index (κ1) is 47.7. The van der Waals surface area contributed by atoms with E-state index in [9.17, 15) is 28.7 Å². The number of hydrogen-bond acceptors (Lipinski definition) is 9. The van der Waals surface area contributed by atoms with Gasteiger partial charge in [0.05, 0.1) is 11.8 Å². The first-order valence-electron chi connectivity index (χ1n) is 22.9. The Balaban J connectivity index is 1.35. The van der Waals surface area contributed by atoms with Crippen molar-refractivity contribution in [3.05, 3.63) is 46.8 Å². The van der Waals surface area contributed by atoms with E-state index in [2.05, 4.69) is 58.3 Å². The van der Waals surface area contributed by atoms with Crippen LogP contribution in [0.3, 0.4) is 0 Å². The largest absolute Gasteiger partial charge is 0.481 e. The molecule has 9 nitrogen and oxygen atoms in total. The van der Waals surface area contributed by atoms with Crippen LogP contribution in [0.4, 0.5) is 4.39 Å². The van der Waals surface area contributed by atoms with E-state index in [0.29, 0.717) is 38.4 Å². The van der Waals surface area contributed by atoms with E-state index < -0.39 is 39.0 Å². The van der Waals surface area contributed by atoms with Crippen molar-refractivity contribution in [3.8, 4) is 0 Å². The average Bonchev–Trinajstić information content (AvgIpc) is 3.47. The molecule has 0 spiro atoms. The lowest BCUT2D eigenvalue weighted by Crippen LogP contribution is -2.72. The number of hydrogen-bond donors (Lipinski definition) is 2. The van der Waals surface area contributed by atoms with Crippen molar-refractivity contribution >= 4 is 36.3 Å². The number of nitrogens with zero attached hydrogens (tertiary/aromatic N) is 2. The van der Waals surface area contributed by atoms with E-state index in [-0.39, 0.29) is 58.2 Å². The van der Waals surface area contributed by atoms with Gasteiger partial charge >= 0.3 is 17.9 Å². The second kappa shape index (κ2) is 16.7. The minimum absolute atomic E-state index is 0.0214. The predicted octanol–water partition coefficient (Wildman–Crippen LogP) is 9.57. The third-order valence-electron chi connectivity index (χ3n) is 17.7. The summed E-state index contributed by atoms with van der Waals surface area (Å²) in [6.07, 6.45) is 6.08. The lowest BCUT2D eigenvalue weighted by atomic mass is 9.32. The van der Waals surface area contributed by atoms with Crippen LogP contribution in [0.15, 0.2) is 35.4 Å². The molecule has 1 N–H and O–H groups in total. The number of thiol groups is 1. The van der Waals surface area contributed by atoms with Crippen molar-refractivity contribution in [1.82, 2.24) is 9.80 Å². The highest BCUT2D eigenvalue weighted by atomic mass is 32.1. The maximum Gasteiger partial charge on any atom is 0.309 e. The van der Waals surface area contributed by atoms with Crippen LogP contribution < -0.4 is 0 Å². The number of aliphatic carboxylic acids is 1. The van der Waals surface area contributed by atoms with Crippen molar-refractivity contribution in [2.24, 2.45) is 50.2 Å². The molecule has 0 saturated heterocycles. The molecule has 0 radical (unpaired) electrons. The number of likely N-dealkylation sites (N-methyl/N-ethyl adjacent to an activating group) is 1. The molecule has 4 saturated carbocycles. The maximum atomic E-state index is 14.6. The number of carboxylic acid groups (broad SMARTS) is 1. The number of carbonyl (C=O) groups excluding carboxylic acids is 3. The van der Waals surface area contributed by atoms with E-state index in [1.165, 1.54) is 24.6 Å². The minimum Gasteiger partial charge on any atom is -0.481 e. The molecule has 5 aliphatic rings. The number of benzene rings is 1. The fourth-order valence-corrected chi connectivity index (χ4v) is 14.4. The van der Waals surface area contributed by atoms with Gasteiger partial charge in [0.15, 0.2) is 5.78 Å². The van der Waals surface area contributed by atoms with Crippen LogP contribution in [0.25, 0.3) is 0 Å². The van der Waals surface area contributed by atoms with Crippen LogP contribution >= 0.6 is 12.6 Å². The molecule has 9 atom stereocenters. The summed E-state index contributed by atoms with van der Waals surface area (Å²) in [5, 5.41) is 9.70. The summed E-state index contributed by atoms with van der Waals surface area (Å²) in [4.78, 5) is 57.4. The fourth-order valence-electron chi connectivity index (χ4n) is 13.9. The van der Waals surface area contributed by atoms with Crippen LogP contribution in [0, 0.1) is 56.1 Å². The molecule has 0 aromatic heterocycles. The topological polar surface area (TPSA) is 113 Å². The first-order chi connectivity index (χ1) is 28.2. The molecule has 1 aromatic carbocycles. The number of Topliss-reactive ketones (excluding diaryl/α,β-unsaturated/α-hetero) is 1. The Morgan fingerprint density at radius 1 is 0.918 bits per heavy atom. The summed E-state index contributed by atoms with van der Waals surface area (Å²) in [6.45, 7) is 23.2. The highest BCUT2D eigenvalue weighted by molar-refractivity contribution is 7.82. The third kappa shape index (κ3) is 7.95. The van der Waals surface area contributed by atoms with Crippen LogP contribution in [-0.2, 0) is 35.2 Å². The second-order valence-electron chi connectivity index (χ2n) is 22.4. The second-order valence-corrected chi connectivity index (χ2v) is 23.2. The number of ketones is 1. The van der Waals surface area contributed by atoms with Crippen molar-refractivity contribution < 1.29 is 38.1 Å². The number of esters is 2. The Labute approximate surface area is 370 Å². The van der Waals surface area contributed by atoms with E-state index >= 15 is 0 Å². The highest BCUT2D eigenvalue weighted by Crippen LogP contribution is 2.79. The van der Waals surface area contributed by atoms with Crippen LogP contribution in [0.5, 0.6) is 0 Å². The maximum absolute atomic E-state index is 14.6. The highest BCUT2D eigenvalue weighted by Gasteiger charge is 2.74. The zero-order valence-corrected chi connectivity index (χ0v) is 40.1. The number of carbonyl (C=O) groups is 4. The molecule has 0 heterocycles. The van der Waals surface area contributed by atoms with Gasteiger partial charge in [0.25, 0.3) is 0 Å². The molecule has 340 valence electrons. The van der Waals surface area contributed by atoms with Gasteiger partial charge in [-0.05, 0) is 142 Å². The monoisotopic (exact) mass is 867 g/mol. The summed E-state index contributed by atoms with van der Waals surface area (Å²) in [5.41, 5.74) is 0.409. The Morgan fingerprint density at radius 2 is 1.56 bits per heavy atom. The molecular formula is C50H75FN2O7S. The van der Waals surface area contributed by atoms with Crippen molar-refractivity contribution in [2.45, 2.75) is 157 Å². The summed E-state index contributed by atoms with van der Waals surface area (Å²) >= 11 is 5.72. The molecule has 0 amide bonds. The Hall–Kier alpha value is -2.76. The van der Waals surface area contributed by atoms with Gasteiger partial charge in [-0.25, -0.2) is 4.39 Å². The third-order valence-corrected chi connectivity index (χ3v) is 19.0. The van der Waals surface area contributed by atoms with Crippen LogP contribution in [0.1, 0.15) is 139 Å². The minimum atomic E-state index is -1.22. The smallest absolute Gasteiger partial charge is 0.309 e. The van der Waals surface area contributed by atoms with Crippen molar-refractivity contribution in [1.29, 1.82) is 0 Å². The Morgan fingerprint density at radius 3 is 2.15 bits per heavy atom. The molecule has 0 bridgehead atoms. The van der Waals surface area contributed by atoms with Gasteiger partial charge in [0, 0.05) is 55.1 Å². The fraction of sp³-hybridized carbons (Fsp3) is 0.760. The standard InChI is InChI=1S/C50H75FN2O7S/c1-31(2)41-36(55)27-49(39(59-32(3)54)30-53(26-25-52(11)12)29-33-13-15-34(51)16-14-33)23-21-46(8)35(42(41)49)17-18-37-47(46,9)22-24-50(61)45(6,7)38(19-20-48(37,50)10)60-40(56)28-44(4,5)43(57)58/h13-16,31,35,37-39,61H,17-30H2,1-12H3,(H,57,58)/t35-,37+,38+,39-,46-,47-,48-,49+,50?/m1/s1. The van der Waals surface area contributed by atoms with E-state index in [4.69, 9.17) is 22.1 Å². The van der Waals surface area contributed by atoms with Crippen LogP contribution in [0.2, 0.25) is 0 Å². The van der Waals surface area contributed by atoms with E-state index in [1.807, 2.05) is 26.2 Å². The Bertz CT molecular complexity index is 1910. The molecule has 6 rings (SSSR count). The molecule has 1 aromatic rings. The Kier molecular flexibility index (Phi) is 13.0. The lowest BCUT2D eigenvalue weighted by Gasteiger charge is -2.75. The number of rotatable bonds is 14. The number of ether oxygens (including phenoxy) is 2. The number of halogens is 1. The molecule has 1 unspecified atom stereocenters. The van der Waals surface area contributed by atoms with Gasteiger partial charge in [-0.15, -0.1) is 0 Å². The van der Waals surface area contributed by atoms with Crippen molar-refractivity contribution in [3.63, 3.8) is 0 Å². The van der Waals surface area contributed by atoms with Gasteiger partial charge < -0.3 is 19.5 Å². The van der Waals surface area contributed by atoms with Crippen LogP contribution in [-0.4, -0.2) is 89.3 Å². The summed E-state index contributed by atoms with van der Waals surface area (Å²) in [6, 6.07) is 6.61. The molecule has 61 heavy (non-hydrogen) atoms. The number of allylic oxidation sites excluding steroid dienone is 1.